The highest BCUT2D eigenvalue weighted by molar-refractivity contribution is 7.98. The third kappa shape index (κ3) is 6.67. The van der Waals surface area contributed by atoms with Gasteiger partial charge in [-0.25, -0.2) is 0 Å². The second-order valence-corrected chi connectivity index (χ2v) is 8.66. The van der Waals surface area contributed by atoms with Crippen molar-refractivity contribution in [2.45, 2.75) is 37.1 Å². The fraction of sp³-hybridized carbons (Fsp3) is 0.458. The van der Waals surface area contributed by atoms with Gasteiger partial charge in [-0.05, 0) is 55.7 Å². The summed E-state index contributed by atoms with van der Waals surface area (Å²) in [5.74, 6) is 1.93. The number of nitrogens with zero attached hydrogens (tertiary/aromatic N) is 1. The third-order valence-corrected chi connectivity index (χ3v) is 6.33. The monoisotopic (exact) mass is 428 g/mol. The molecule has 0 radical (unpaired) electrons. The fourth-order valence-electron chi connectivity index (χ4n) is 3.96. The van der Waals surface area contributed by atoms with Gasteiger partial charge in [-0.15, -0.1) is 11.8 Å². The SMILES string of the molecule is COc1cc(NC(=O)CCC2CCCN(Cc3ccc(SC)cc3)C2)cc(OC)c1. The standard InChI is InChI=1S/C24H32N2O3S/c1-28-21-13-20(14-22(15-21)29-2)25-24(27)11-8-18-5-4-12-26(16-18)17-19-6-9-23(30-3)10-7-19/h6-7,9-10,13-15,18H,4-5,8,11-12,16-17H2,1-3H3,(H,25,27). The van der Waals surface area contributed by atoms with Crippen LogP contribution in [0.2, 0.25) is 0 Å². The highest BCUT2D eigenvalue weighted by atomic mass is 32.2. The van der Waals surface area contributed by atoms with E-state index in [-0.39, 0.29) is 5.91 Å². The van der Waals surface area contributed by atoms with Crippen molar-refractivity contribution < 1.29 is 14.3 Å². The first kappa shape index (κ1) is 22.5. The summed E-state index contributed by atoms with van der Waals surface area (Å²) < 4.78 is 10.5. The average molecular weight is 429 g/mol. The average Bonchev–Trinajstić information content (AvgIpc) is 2.78. The normalized spacial score (nSPS) is 16.8. The van der Waals surface area contributed by atoms with Gasteiger partial charge < -0.3 is 14.8 Å². The summed E-state index contributed by atoms with van der Waals surface area (Å²) in [6.07, 6.45) is 5.94. The molecule has 0 bridgehead atoms. The van der Waals surface area contributed by atoms with Gasteiger partial charge in [0.25, 0.3) is 0 Å². The predicted molar refractivity (Wildman–Crippen MR) is 124 cm³/mol. The van der Waals surface area contributed by atoms with Gasteiger partial charge >= 0.3 is 0 Å². The first-order valence-corrected chi connectivity index (χ1v) is 11.7. The van der Waals surface area contributed by atoms with Gasteiger partial charge in [0, 0.05) is 48.3 Å². The maximum absolute atomic E-state index is 12.5. The van der Waals surface area contributed by atoms with E-state index in [1.165, 1.54) is 23.3 Å². The Labute approximate surface area is 184 Å². The smallest absolute Gasteiger partial charge is 0.224 e. The number of thioether (sulfide) groups is 1. The van der Waals surface area contributed by atoms with Crippen LogP contribution in [0.1, 0.15) is 31.2 Å². The van der Waals surface area contributed by atoms with Gasteiger partial charge in [0.05, 0.1) is 14.2 Å². The molecule has 0 aliphatic carbocycles. The highest BCUT2D eigenvalue weighted by Crippen LogP contribution is 2.27. The van der Waals surface area contributed by atoms with Crippen molar-refractivity contribution >= 4 is 23.4 Å². The summed E-state index contributed by atoms with van der Waals surface area (Å²) in [6, 6.07) is 14.3. The molecule has 1 aliphatic heterocycles. The molecular weight excluding hydrogens is 396 g/mol. The molecule has 1 unspecified atom stereocenters. The Morgan fingerprint density at radius 2 is 1.83 bits per heavy atom. The molecule has 1 heterocycles. The van der Waals surface area contributed by atoms with Crippen LogP contribution in [-0.2, 0) is 11.3 Å². The number of carbonyl (C=O) groups is 1. The molecule has 1 saturated heterocycles. The van der Waals surface area contributed by atoms with E-state index in [4.69, 9.17) is 9.47 Å². The zero-order chi connectivity index (χ0) is 21.3. The molecule has 30 heavy (non-hydrogen) atoms. The van der Waals surface area contributed by atoms with Crippen molar-refractivity contribution in [3.05, 3.63) is 48.0 Å². The molecule has 0 spiro atoms. The van der Waals surface area contributed by atoms with Gasteiger partial charge in [0.15, 0.2) is 0 Å². The number of carbonyl (C=O) groups excluding carboxylic acids is 1. The molecule has 5 nitrogen and oxygen atoms in total. The lowest BCUT2D eigenvalue weighted by Gasteiger charge is -2.32. The number of benzene rings is 2. The van der Waals surface area contributed by atoms with Crippen LogP contribution in [0.15, 0.2) is 47.4 Å². The van der Waals surface area contributed by atoms with Crippen LogP contribution < -0.4 is 14.8 Å². The Kier molecular flexibility index (Phi) is 8.46. The van der Waals surface area contributed by atoms with E-state index in [0.717, 1.165) is 26.1 Å². The molecule has 1 amide bonds. The number of rotatable bonds is 9. The van der Waals surface area contributed by atoms with Crippen LogP contribution >= 0.6 is 11.8 Å². The topological polar surface area (TPSA) is 50.8 Å². The fourth-order valence-corrected chi connectivity index (χ4v) is 4.37. The molecule has 1 fully saturated rings. The number of nitrogens with one attached hydrogen (secondary N) is 1. The molecule has 2 aromatic carbocycles. The van der Waals surface area contributed by atoms with Crippen molar-refractivity contribution in [1.82, 2.24) is 4.90 Å². The number of ether oxygens (including phenoxy) is 2. The van der Waals surface area contributed by atoms with Crippen molar-refractivity contribution in [2.24, 2.45) is 5.92 Å². The number of anilines is 1. The highest BCUT2D eigenvalue weighted by Gasteiger charge is 2.21. The number of methoxy groups -OCH3 is 2. The zero-order valence-electron chi connectivity index (χ0n) is 18.1. The summed E-state index contributed by atoms with van der Waals surface area (Å²) in [5, 5.41) is 2.98. The number of likely N-dealkylation sites (tertiary alicyclic amines) is 1. The Bertz CT molecular complexity index is 803. The lowest BCUT2D eigenvalue weighted by Crippen LogP contribution is -2.35. The van der Waals surface area contributed by atoms with E-state index in [1.54, 1.807) is 32.0 Å². The van der Waals surface area contributed by atoms with E-state index < -0.39 is 0 Å². The summed E-state index contributed by atoms with van der Waals surface area (Å²) in [7, 11) is 3.21. The lowest BCUT2D eigenvalue weighted by molar-refractivity contribution is -0.116. The molecule has 2 aromatic rings. The molecular formula is C24H32N2O3S. The second kappa shape index (κ2) is 11.3. The van der Waals surface area contributed by atoms with E-state index in [2.05, 4.69) is 40.7 Å². The Hall–Kier alpha value is -2.18. The second-order valence-electron chi connectivity index (χ2n) is 7.78. The summed E-state index contributed by atoms with van der Waals surface area (Å²) in [6.45, 7) is 3.18. The number of piperidine rings is 1. The predicted octanol–water partition coefficient (Wildman–Crippen LogP) is 5.06. The number of amides is 1. The first-order valence-electron chi connectivity index (χ1n) is 10.5. The molecule has 0 aromatic heterocycles. The van der Waals surface area contributed by atoms with Gasteiger partial charge in [-0.3, -0.25) is 9.69 Å². The molecule has 1 N–H and O–H groups in total. The van der Waals surface area contributed by atoms with Crippen LogP contribution in [0, 0.1) is 5.92 Å². The lowest BCUT2D eigenvalue weighted by atomic mass is 9.93. The first-order chi connectivity index (χ1) is 14.6. The van der Waals surface area contributed by atoms with E-state index in [1.807, 2.05) is 12.1 Å². The summed E-state index contributed by atoms with van der Waals surface area (Å²) in [5.41, 5.74) is 2.06. The zero-order valence-corrected chi connectivity index (χ0v) is 19.0. The minimum absolute atomic E-state index is 0.0371. The van der Waals surface area contributed by atoms with Crippen molar-refractivity contribution in [3.63, 3.8) is 0 Å². The van der Waals surface area contributed by atoms with Crippen LogP contribution in [0.3, 0.4) is 0 Å². The van der Waals surface area contributed by atoms with Crippen LogP contribution in [-0.4, -0.2) is 44.4 Å². The Balaban J connectivity index is 1.47. The maximum atomic E-state index is 12.5. The minimum atomic E-state index is 0.0371. The molecule has 0 saturated carbocycles. The quantitative estimate of drug-likeness (QED) is 0.566. The Morgan fingerprint density at radius 1 is 1.13 bits per heavy atom. The van der Waals surface area contributed by atoms with Crippen LogP contribution in [0.5, 0.6) is 11.5 Å². The van der Waals surface area contributed by atoms with E-state index in [9.17, 15) is 4.79 Å². The molecule has 1 aliphatic rings. The van der Waals surface area contributed by atoms with Crippen molar-refractivity contribution in [2.75, 3.05) is 38.9 Å². The van der Waals surface area contributed by atoms with E-state index in [0.29, 0.717) is 29.5 Å². The van der Waals surface area contributed by atoms with E-state index >= 15 is 0 Å². The third-order valence-electron chi connectivity index (χ3n) is 5.58. The van der Waals surface area contributed by atoms with Crippen LogP contribution in [0.4, 0.5) is 5.69 Å². The molecule has 162 valence electrons. The largest absolute Gasteiger partial charge is 0.497 e. The summed E-state index contributed by atoms with van der Waals surface area (Å²) in [4.78, 5) is 16.3. The Morgan fingerprint density at radius 3 is 2.47 bits per heavy atom. The molecule has 1 atom stereocenters. The van der Waals surface area contributed by atoms with Gasteiger partial charge in [0.1, 0.15) is 11.5 Å². The van der Waals surface area contributed by atoms with Crippen LogP contribution in [0.25, 0.3) is 0 Å². The van der Waals surface area contributed by atoms with Gasteiger partial charge in [-0.2, -0.15) is 0 Å². The van der Waals surface area contributed by atoms with Gasteiger partial charge in [0.2, 0.25) is 5.91 Å². The summed E-state index contributed by atoms with van der Waals surface area (Å²) >= 11 is 1.77. The van der Waals surface area contributed by atoms with Gasteiger partial charge in [-0.1, -0.05) is 12.1 Å². The molecule has 3 rings (SSSR count). The number of hydrogen-bond donors (Lipinski definition) is 1. The minimum Gasteiger partial charge on any atom is -0.497 e. The van der Waals surface area contributed by atoms with Crippen molar-refractivity contribution in [1.29, 1.82) is 0 Å². The number of hydrogen-bond acceptors (Lipinski definition) is 5. The molecule has 6 heteroatoms. The van der Waals surface area contributed by atoms with Crippen molar-refractivity contribution in [3.8, 4) is 11.5 Å². The maximum Gasteiger partial charge on any atom is 0.224 e.